The van der Waals surface area contributed by atoms with E-state index in [9.17, 15) is 9.59 Å². The summed E-state index contributed by atoms with van der Waals surface area (Å²) in [6.07, 6.45) is -0.900. The number of nitrogens with one attached hydrogen (secondary N) is 1. The Morgan fingerprint density at radius 3 is 2.22 bits per heavy atom. The number of primary amides is 1. The van der Waals surface area contributed by atoms with Crippen molar-refractivity contribution < 1.29 is 28.5 Å². The molecule has 3 N–H and O–H groups in total. The maximum atomic E-state index is 12.5. The highest BCUT2D eigenvalue weighted by Crippen LogP contribution is 2.30. The Morgan fingerprint density at radius 2 is 1.63 bits per heavy atom. The van der Waals surface area contributed by atoms with E-state index in [0.29, 0.717) is 22.9 Å². The van der Waals surface area contributed by atoms with Crippen molar-refractivity contribution in [1.29, 1.82) is 0 Å². The molecule has 0 spiro atoms. The van der Waals surface area contributed by atoms with Crippen molar-refractivity contribution in [2.75, 3.05) is 26.6 Å². The van der Waals surface area contributed by atoms with Crippen LogP contribution in [0.1, 0.15) is 17.3 Å². The minimum atomic E-state index is -0.900. The van der Waals surface area contributed by atoms with Gasteiger partial charge < -0.3 is 30.0 Å². The predicted octanol–water partition coefficient (Wildman–Crippen LogP) is 2.22. The van der Waals surface area contributed by atoms with Crippen LogP contribution in [0.5, 0.6) is 23.0 Å². The summed E-state index contributed by atoms with van der Waals surface area (Å²) in [4.78, 5) is 24.0. The van der Waals surface area contributed by atoms with Crippen molar-refractivity contribution in [2.45, 2.75) is 13.0 Å². The molecule has 0 aliphatic heterocycles. The van der Waals surface area contributed by atoms with Gasteiger partial charge in [0.2, 0.25) is 0 Å². The molecule has 1 unspecified atom stereocenters. The van der Waals surface area contributed by atoms with Gasteiger partial charge in [0.15, 0.2) is 17.6 Å². The molecular formula is C19H22N2O6. The van der Waals surface area contributed by atoms with Gasteiger partial charge in [0, 0.05) is 17.8 Å². The summed E-state index contributed by atoms with van der Waals surface area (Å²) in [6, 6.07) is 9.54. The highest BCUT2D eigenvalue weighted by Gasteiger charge is 2.19. The minimum Gasteiger partial charge on any atom is -0.497 e. The Hall–Kier alpha value is -3.42. The molecule has 0 aromatic heterocycles. The van der Waals surface area contributed by atoms with E-state index in [4.69, 9.17) is 24.7 Å². The normalized spacial score (nSPS) is 11.3. The van der Waals surface area contributed by atoms with Gasteiger partial charge >= 0.3 is 0 Å². The van der Waals surface area contributed by atoms with E-state index in [1.807, 2.05) is 0 Å². The Labute approximate surface area is 157 Å². The SMILES string of the molecule is COc1ccc(C(N)=O)c(OC(C)C(=O)Nc2ccc(OC)c(OC)c2)c1. The second-order valence-corrected chi connectivity index (χ2v) is 5.55. The number of carbonyl (C=O) groups is 2. The maximum Gasteiger partial charge on any atom is 0.265 e. The molecule has 2 rings (SSSR count). The molecule has 144 valence electrons. The molecule has 0 bridgehead atoms. The van der Waals surface area contributed by atoms with Gasteiger partial charge in [0.05, 0.1) is 26.9 Å². The van der Waals surface area contributed by atoms with Gasteiger partial charge in [-0.25, -0.2) is 0 Å². The third-order valence-electron chi connectivity index (χ3n) is 3.78. The summed E-state index contributed by atoms with van der Waals surface area (Å²) < 4.78 is 21.1. The average molecular weight is 374 g/mol. The van der Waals surface area contributed by atoms with Gasteiger partial charge in [-0.15, -0.1) is 0 Å². The molecule has 0 fully saturated rings. The molecular weight excluding hydrogens is 352 g/mol. The summed E-state index contributed by atoms with van der Waals surface area (Å²) in [5.41, 5.74) is 6.02. The number of amides is 2. The average Bonchev–Trinajstić information content (AvgIpc) is 2.67. The van der Waals surface area contributed by atoms with Crippen LogP contribution in [-0.2, 0) is 4.79 Å². The van der Waals surface area contributed by atoms with Crippen LogP contribution in [0.3, 0.4) is 0 Å². The summed E-state index contributed by atoms with van der Waals surface area (Å²) in [7, 11) is 4.51. The van der Waals surface area contributed by atoms with Crippen LogP contribution in [0, 0.1) is 0 Å². The zero-order valence-electron chi connectivity index (χ0n) is 15.6. The number of methoxy groups -OCH3 is 3. The third kappa shape index (κ3) is 4.81. The third-order valence-corrected chi connectivity index (χ3v) is 3.78. The predicted molar refractivity (Wildman–Crippen MR) is 99.8 cm³/mol. The molecule has 2 aromatic carbocycles. The van der Waals surface area contributed by atoms with Crippen LogP contribution in [0.25, 0.3) is 0 Å². The second-order valence-electron chi connectivity index (χ2n) is 5.55. The smallest absolute Gasteiger partial charge is 0.265 e. The van der Waals surface area contributed by atoms with Gasteiger partial charge in [-0.3, -0.25) is 9.59 Å². The molecule has 1 atom stereocenters. The fourth-order valence-corrected chi connectivity index (χ4v) is 2.33. The summed E-state index contributed by atoms with van der Waals surface area (Å²) in [5.74, 6) is 0.579. The van der Waals surface area contributed by atoms with E-state index < -0.39 is 17.9 Å². The Bertz CT molecular complexity index is 837. The standard InChI is InChI=1S/C19H22N2O6/c1-11(27-16-10-13(24-2)6-7-14(16)18(20)22)19(23)21-12-5-8-15(25-3)17(9-12)26-4/h5-11H,1-4H3,(H2,20,22)(H,21,23). The first-order chi connectivity index (χ1) is 12.9. The van der Waals surface area contributed by atoms with Crippen molar-refractivity contribution >= 4 is 17.5 Å². The number of nitrogens with two attached hydrogens (primary N) is 1. The molecule has 8 nitrogen and oxygen atoms in total. The van der Waals surface area contributed by atoms with Crippen molar-refractivity contribution in [3.8, 4) is 23.0 Å². The van der Waals surface area contributed by atoms with Gasteiger partial charge in [-0.1, -0.05) is 0 Å². The topological polar surface area (TPSA) is 109 Å². The molecule has 2 amide bonds. The van der Waals surface area contributed by atoms with E-state index in [-0.39, 0.29) is 11.3 Å². The van der Waals surface area contributed by atoms with Crippen LogP contribution in [0.4, 0.5) is 5.69 Å². The number of ether oxygens (including phenoxy) is 4. The second kappa shape index (κ2) is 8.79. The quantitative estimate of drug-likeness (QED) is 0.733. The Balaban J connectivity index is 2.15. The molecule has 27 heavy (non-hydrogen) atoms. The molecule has 8 heteroatoms. The fourth-order valence-electron chi connectivity index (χ4n) is 2.33. The van der Waals surface area contributed by atoms with Crippen LogP contribution in [-0.4, -0.2) is 39.2 Å². The van der Waals surface area contributed by atoms with Crippen LogP contribution in [0.2, 0.25) is 0 Å². The van der Waals surface area contributed by atoms with Gasteiger partial charge in [0.1, 0.15) is 11.5 Å². The van der Waals surface area contributed by atoms with Crippen LogP contribution < -0.4 is 30.0 Å². The van der Waals surface area contributed by atoms with E-state index in [1.165, 1.54) is 33.5 Å². The molecule has 0 saturated heterocycles. The number of benzene rings is 2. The number of anilines is 1. The molecule has 0 heterocycles. The fraction of sp³-hybridized carbons (Fsp3) is 0.263. The van der Waals surface area contributed by atoms with Crippen LogP contribution >= 0.6 is 0 Å². The van der Waals surface area contributed by atoms with Gasteiger partial charge in [-0.05, 0) is 31.2 Å². The van der Waals surface area contributed by atoms with Crippen molar-refractivity contribution in [1.82, 2.24) is 0 Å². The van der Waals surface area contributed by atoms with E-state index in [0.717, 1.165) is 0 Å². The molecule has 0 radical (unpaired) electrons. The highest BCUT2D eigenvalue weighted by molar-refractivity contribution is 5.97. The van der Waals surface area contributed by atoms with Crippen molar-refractivity contribution in [3.05, 3.63) is 42.0 Å². The number of hydrogen-bond acceptors (Lipinski definition) is 6. The Morgan fingerprint density at radius 1 is 0.926 bits per heavy atom. The lowest BCUT2D eigenvalue weighted by molar-refractivity contribution is -0.122. The molecule has 0 aliphatic rings. The largest absolute Gasteiger partial charge is 0.497 e. The van der Waals surface area contributed by atoms with Gasteiger partial charge in [0.25, 0.3) is 11.8 Å². The van der Waals surface area contributed by atoms with Crippen LogP contribution in [0.15, 0.2) is 36.4 Å². The zero-order valence-corrected chi connectivity index (χ0v) is 15.6. The maximum absolute atomic E-state index is 12.5. The molecule has 0 aliphatic carbocycles. The lowest BCUT2D eigenvalue weighted by Crippen LogP contribution is -2.31. The highest BCUT2D eigenvalue weighted by atomic mass is 16.5. The first-order valence-electron chi connectivity index (χ1n) is 8.07. The molecule has 2 aromatic rings. The van der Waals surface area contributed by atoms with Gasteiger partial charge in [-0.2, -0.15) is 0 Å². The minimum absolute atomic E-state index is 0.154. The first-order valence-corrected chi connectivity index (χ1v) is 8.07. The number of hydrogen-bond donors (Lipinski definition) is 2. The lowest BCUT2D eigenvalue weighted by atomic mass is 10.1. The van der Waals surface area contributed by atoms with E-state index in [1.54, 1.807) is 31.2 Å². The number of rotatable bonds is 8. The van der Waals surface area contributed by atoms with E-state index >= 15 is 0 Å². The first kappa shape index (κ1) is 19.9. The number of carbonyl (C=O) groups excluding carboxylic acids is 2. The molecule has 0 saturated carbocycles. The van der Waals surface area contributed by atoms with Crippen molar-refractivity contribution in [3.63, 3.8) is 0 Å². The van der Waals surface area contributed by atoms with E-state index in [2.05, 4.69) is 5.32 Å². The monoisotopic (exact) mass is 374 g/mol. The zero-order chi connectivity index (χ0) is 20.0. The summed E-state index contributed by atoms with van der Waals surface area (Å²) >= 11 is 0. The summed E-state index contributed by atoms with van der Waals surface area (Å²) in [6.45, 7) is 1.56. The summed E-state index contributed by atoms with van der Waals surface area (Å²) in [5, 5.41) is 2.72. The lowest BCUT2D eigenvalue weighted by Gasteiger charge is -2.17. The van der Waals surface area contributed by atoms with Crippen molar-refractivity contribution in [2.24, 2.45) is 5.73 Å². The Kier molecular flexibility index (Phi) is 6.48.